The maximum Gasteiger partial charge on any atom is 0.226 e. The van der Waals surface area contributed by atoms with Crippen molar-refractivity contribution in [1.29, 1.82) is 0 Å². The Morgan fingerprint density at radius 2 is 1.88 bits per heavy atom. The number of nitrogens with zero attached hydrogens (tertiary/aromatic N) is 1. The van der Waals surface area contributed by atoms with Gasteiger partial charge in [0.05, 0.1) is 5.92 Å². The molecule has 0 aromatic heterocycles. The van der Waals surface area contributed by atoms with Crippen molar-refractivity contribution in [2.75, 3.05) is 13.1 Å². The third-order valence-electron chi connectivity index (χ3n) is 5.43. The molecule has 1 aromatic rings. The molecule has 0 radical (unpaired) electrons. The number of halogens is 1. The molecular formula is C19H23ClN2O2. The molecule has 5 heteroatoms. The van der Waals surface area contributed by atoms with Crippen molar-refractivity contribution in [2.24, 2.45) is 11.8 Å². The summed E-state index contributed by atoms with van der Waals surface area (Å²) in [6.45, 7) is 1.37. The first kappa shape index (κ1) is 15.9. The van der Waals surface area contributed by atoms with Crippen LogP contribution in [0, 0.1) is 11.8 Å². The summed E-state index contributed by atoms with van der Waals surface area (Å²) in [5, 5.41) is 3.80. The average molecular weight is 347 g/mol. The first-order chi connectivity index (χ1) is 11.6. The van der Waals surface area contributed by atoms with Gasteiger partial charge in [0.15, 0.2) is 0 Å². The molecule has 2 aliphatic carbocycles. The largest absolute Gasteiger partial charge is 0.353 e. The van der Waals surface area contributed by atoms with Gasteiger partial charge >= 0.3 is 0 Å². The van der Waals surface area contributed by atoms with E-state index in [9.17, 15) is 9.59 Å². The van der Waals surface area contributed by atoms with Crippen LogP contribution >= 0.6 is 11.6 Å². The summed E-state index contributed by atoms with van der Waals surface area (Å²) in [5.41, 5.74) is 1.19. The Labute approximate surface area is 147 Å². The summed E-state index contributed by atoms with van der Waals surface area (Å²) >= 11 is 5.93. The predicted molar refractivity (Wildman–Crippen MR) is 92.8 cm³/mol. The zero-order valence-corrected chi connectivity index (χ0v) is 14.5. The average Bonchev–Trinajstić information content (AvgIpc) is 3.50. The molecule has 2 amide bonds. The molecule has 1 aliphatic heterocycles. The van der Waals surface area contributed by atoms with E-state index in [1.165, 1.54) is 5.56 Å². The van der Waals surface area contributed by atoms with Crippen LogP contribution in [0.2, 0.25) is 5.02 Å². The van der Waals surface area contributed by atoms with Crippen LogP contribution < -0.4 is 5.32 Å². The topological polar surface area (TPSA) is 49.4 Å². The highest BCUT2D eigenvalue weighted by molar-refractivity contribution is 6.30. The lowest BCUT2D eigenvalue weighted by molar-refractivity contribution is -0.136. The molecule has 4 rings (SSSR count). The molecule has 3 atom stereocenters. The zero-order valence-electron chi connectivity index (χ0n) is 13.7. The minimum absolute atomic E-state index is 0.0315. The van der Waals surface area contributed by atoms with Crippen LogP contribution in [-0.2, 0) is 9.59 Å². The second-order valence-electron chi connectivity index (χ2n) is 7.41. The minimum atomic E-state index is -0.0315. The van der Waals surface area contributed by atoms with Crippen LogP contribution in [0.5, 0.6) is 0 Å². The smallest absolute Gasteiger partial charge is 0.226 e. The number of benzene rings is 1. The maximum absolute atomic E-state index is 12.8. The number of nitrogens with one attached hydrogen (secondary N) is 1. The molecular weight excluding hydrogens is 324 g/mol. The quantitative estimate of drug-likeness (QED) is 0.911. The molecule has 4 nitrogen and oxygen atoms in total. The number of amides is 2. The van der Waals surface area contributed by atoms with Gasteiger partial charge in [0.25, 0.3) is 0 Å². The Morgan fingerprint density at radius 1 is 1.12 bits per heavy atom. The van der Waals surface area contributed by atoms with E-state index in [0.29, 0.717) is 18.5 Å². The summed E-state index contributed by atoms with van der Waals surface area (Å²) in [5.74, 6) is 0.724. The van der Waals surface area contributed by atoms with E-state index in [4.69, 9.17) is 11.6 Å². The Morgan fingerprint density at radius 3 is 2.58 bits per heavy atom. The predicted octanol–water partition coefficient (Wildman–Crippen LogP) is 2.96. The van der Waals surface area contributed by atoms with Gasteiger partial charge in [0, 0.05) is 30.1 Å². The van der Waals surface area contributed by atoms with Crippen molar-refractivity contribution in [3.63, 3.8) is 0 Å². The van der Waals surface area contributed by atoms with Crippen LogP contribution in [0.3, 0.4) is 0 Å². The van der Waals surface area contributed by atoms with E-state index in [-0.39, 0.29) is 23.7 Å². The van der Waals surface area contributed by atoms with Gasteiger partial charge in [-0.25, -0.2) is 0 Å². The second kappa shape index (κ2) is 6.40. The van der Waals surface area contributed by atoms with Crippen LogP contribution in [0.4, 0.5) is 0 Å². The highest BCUT2D eigenvalue weighted by Crippen LogP contribution is 2.49. The lowest BCUT2D eigenvalue weighted by Gasteiger charge is -2.32. The minimum Gasteiger partial charge on any atom is -0.353 e. The van der Waals surface area contributed by atoms with Gasteiger partial charge in [0.2, 0.25) is 11.8 Å². The van der Waals surface area contributed by atoms with Crippen LogP contribution in [-0.4, -0.2) is 35.8 Å². The third kappa shape index (κ3) is 3.44. The summed E-state index contributed by atoms with van der Waals surface area (Å²) < 4.78 is 0. The molecule has 0 bridgehead atoms. The molecule has 128 valence electrons. The summed E-state index contributed by atoms with van der Waals surface area (Å²) in [7, 11) is 0. The lowest BCUT2D eigenvalue weighted by atomic mass is 9.96. The van der Waals surface area contributed by atoms with Crippen molar-refractivity contribution in [2.45, 2.75) is 44.1 Å². The van der Waals surface area contributed by atoms with E-state index in [1.807, 2.05) is 29.2 Å². The van der Waals surface area contributed by atoms with Crippen molar-refractivity contribution >= 4 is 23.4 Å². The highest BCUT2D eigenvalue weighted by Gasteiger charge is 2.46. The summed E-state index contributed by atoms with van der Waals surface area (Å²) in [6.07, 6.45) is 4.94. The molecule has 3 fully saturated rings. The summed E-state index contributed by atoms with van der Waals surface area (Å²) in [4.78, 5) is 27.0. The molecule has 0 unspecified atom stereocenters. The number of carbonyl (C=O) groups is 2. The molecule has 0 spiro atoms. The van der Waals surface area contributed by atoms with E-state index in [2.05, 4.69) is 5.32 Å². The molecule has 2 saturated carbocycles. The van der Waals surface area contributed by atoms with E-state index in [1.54, 1.807) is 0 Å². The van der Waals surface area contributed by atoms with Gasteiger partial charge < -0.3 is 10.2 Å². The van der Waals surface area contributed by atoms with Crippen LogP contribution in [0.1, 0.15) is 43.6 Å². The van der Waals surface area contributed by atoms with Gasteiger partial charge in [-0.05, 0) is 55.7 Å². The van der Waals surface area contributed by atoms with Gasteiger partial charge in [-0.2, -0.15) is 0 Å². The fraction of sp³-hybridized carbons (Fsp3) is 0.579. The fourth-order valence-corrected chi connectivity index (χ4v) is 3.84. The van der Waals surface area contributed by atoms with Crippen molar-refractivity contribution in [3.05, 3.63) is 34.9 Å². The highest BCUT2D eigenvalue weighted by atomic mass is 35.5. The Hall–Kier alpha value is -1.55. The monoisotopic (exact) mass is 346 g/mol. The maximum atomic E-state index is 12.8. The molecule has 1 saturated heterocycles. The Kier molecular flexibility index (Phi) is 4.25. The number of piperidine rings is 1. The van der Waals surface area contributed by atoms with Gasteiger partial charge in [-0.3, -0.25) is 9.59 Å². The lowest BCUT2D eigenvalue weighted by Crippen LogP contribution is -2.46. The number of hydrogen-bond donors (Lipinski definition) is 1. The van der Waals surface area contributed by atoms with E-state index in [0.717, 1.165) is 43.7 Å². The number of likely N-dealkylation sites (tertiary alicyclic amines) is 1. The molecule has 24 heavy (non-hydrogen) atoms. The van der Waals surface area contributed by atoms with Crippen LogP contribution in [0.15, 0.2) is 24.3 Å². The second-order valence-corrected chi connectivity index (χ2v) is 7.84. The number of rotatable bonds is 4. The van der Waals surface area contributed by atoms with E-state index < -0.39 is 0 Å². The van der Waals surface area contributed by atoms with Crippen molar-refractivity contribution in [3.8, 4) is 0 Å². The number of carbonyl (C=O) groups excluding carboxylic acids is 2. The number of hydrogen-bond acceptors (Lipinski definition) is 2. The van der Waals surface area contributed by atoms with Crippen LogP contribution in [0.25, 0.3) is 0 Å². The third-order valence-corrected chi connectivity index (χ3v) is 5.69. The Balaban J connectivity index is 1.34. The molecule has 1 aromatic carbocycles. The SMILES string of the molecule is O=C(NC1CC1)[C@@H]1CCCN(C(=O)[C@@H]2C[C@@H]2c2ccc(Cl)cc2)C1. The first-order valence-corrected chi connectivity index (χ1v) is 9.34. The van der Waals surface area contributed by atoms with Gasteiger partial charge in [0.1, 0.15) is 0 Å². The Bertz CT molecular complexity index is 641. The van der Waals surface area contributed by atoms with Gasteiger partial charge in [-0.1, -0.05) is 23.7 Å². The molecule has 1 heterocycles. The first-order valence-electron chi connectivity index (χ1n) is 8.96. The van der Waals surface area contributed by atoms with Gasteiger partial charge in [-0.15, -0.1) is 0 Å². The fourth-order valence-electron chi connectivity index (χ4n) is 3.72. The van der Waals surface area contributed by atoms with E-state index >= 15 is 0 Å². The van der Waals surface area contributed by atoms with Crippen molar-refractivity contribution < 1.29 is 9.59 Å². The standard InChI is InChI=1S/C19H23ClN2O2/c20-14-5-3-12(4-6-14)16-10-17(16)19(24)22-9-1-2-13(11-22)18(23)21-15-7-8-15/h3-6,13,15-17H,1-2,7-11H2,(H,21,23)/t13-,16-,17-/m1/s1. The summed E-state index contributed by atoms with van der Waals surface area (Å²) in [6, 6.07) is 8.19. The molecule has 3 aliphatic rings. The normalized spacial score (nSPS) is 29.2. The zero-order chi connectivity index (χ0) is 16.7. The van der Waals surface area contributed by atoms with Crippen molar-refractivity contribution in [1.82, 2.24) is 10.2 Å². The molecule has 1 N–H and O–H groups in total.